The number of sulfone groups is 1. The lowest BCUT2D eigenvalue weighted by atomic mass is 10.0. The molecule has 40 heavy (non-hydrogen) atoms. The maximum Gasteiger partial charge on any atom is 0.310 e. The maximum atomic E-state index is 14.7. The summed E-state index contributed by atoms with van der Waals surface area (Å²) in [6.45, 7) is 2.48. The van der Waals surface area contributed by atoms with Gasteiger partial charge in [-0.15, -0.1) is 0 Å². The fraction of sp³-hybridized carbons (Fsp3) is 0.333. The van der Waals surface area contributed by atoms with E-state index in [1.54, 1.807) is 11.2 Å². The minimum absolute atomic E-state index is 0.0111. The summed E-state index contributed by atoms with van der Waals surface area (Å²) in [6.07, 6.45) is 3.13. The van der Waals surface area contributed by atoms with Crippen LogP contribution in [0.25, 0.3) is 11.0 Å². The summed E-state index contributed by atoms with van der Waals surface area (Å²) < 4.78 is 46.8. The Morgan fingerprint density at radius 1 is 1.23 bits per heavy atom. The first-order valence-electron chi connectivity index (χ1n) is 12.7. The van der Waals surface area contributed by atoms with Crippen LogP contribution in [0.4, 0.5) is 21.8 Å². The number of carbonyl (C=O) groups is 1. The molecule has 0 spiro atoms. The number of carbonyl (C=O) groups excluding carboxylic acids is 1. The Labute approximate surface area is 230 Å². The summed E-state index contributed by atoms with van der Waals surface area (Å²) in [6, 6.07) is 11.8. The van der Waals surface area contributed by atoms with E-state index in [2.05, 4.69) is 25.0 Å². The Morgan fingerprint density at radius 3 is 2.77 bits per heavy atom. The monoisotopic (exact) mass is 568 g/mol. The highest BCUT2D eigenvalue weighted by Gasteiger charge is 2.38. The molecule has 1 atom stereocenters. The van der Waals surface area contributed by atoms with Crippen LogP contribution in [0, 0.1) is 5.82 Å². The van der Waals surface area contributed by atoms with E-state index in [0.29, 0.717) is 19.5 Å². The smallest absolute Gasteiger partial charge is 0.310 e. The molecule has 0 saturated carbocycles. The molecule has 1 fully saturated rings. The number of halogens is 1. The van der Waals surface area contributed by atoms with Gasteiger partial charge in [0.25, 0.3) is 0 Å². The number of para-hydroxylation sites is 2. The van der Waals surface area contributed by atoms with E-state index in [-0.39, 0.29) is 46.6 Å². The molecule has 13 heteroatoms. The Kier molecular flexibility index (Phi) is 7.43. The molecule has 210 valence electrons. The number of nitrogens with one attached hydrogen (secondary N) is 1. The van der Waals surface area contributed by atoms with Crippen LogP contribution in [0.15, 0.2) is 59.9 Å². The van der Waals surface area contributed by atoms with E-state index in [1.165, 1.54) is 32.4 Å². The zero-order valence-electron chi connectivity index (χ0n) is 22.0. The van der Waals surface area contributed by atoms with Gasteiger partial charge in [0.1, 0.15) is 16.3 Å². The van der Waals surface area contributed by atoms with E-state index < -0.39 is 27.2 Å². The van der Waals surface area contributed by atoms with Crippen molar-refractivity contribution in [2.24, 2.45) is 0 Å². The summed E-state index contributed by atoms with van der Waals surface area (Å²) in [4.78, 5) is 26.4. The molecule has 2 aromatic heterocycles. The quantitative estimate of drug-likeness (QED) is 0.290. The lowest BCUT2D eigenvalue weighted by Gasteiger charge is -2.24. The van der Waals surface area contributed by atoms with Crippen LogP contribution in [-0.2, 0) is 32.3 Å². The fourth-order valence-electron chi connectivity index (χ4n) is 4.73. The topological polar surface area (TPSA) is 140 Å². The molecule has 0 amide bonds. The number of aromatic nitrogens is 4. The predicted octanol–water partition coefficient (Wildman–Crippen LogP) is 2.86. The number of hydrogen-bond acceptors (Lipinski definition) is 10. The van der Waals surface area contributed by atoms with Gasteiger partial charge in [-0.2, -0.15) is 4.98 Å². The molecule has 1 aliphatic rings. The first-order valence-corrected chi connectivity index (χ1v) is 14.4. The fourth-order valence-corrected chi connectivity index (χ4v) is 5.64. The Balaban J connectivity index is 1.40. The van der Waals surface area contributed by atoms with Crippen molar-refractivity contribution in [3.8, 4) is 0 Å². The number of β-amino-alcohol motifs (C(OH)–C–C–N with tert-alkyl or cyclic N) is 1. The van der Waals surface area contributed by atoms with E-state index in [4.69, 9.17) is 0 Å². The van der Waals surface area contributed by atoms with E-state index in [0.717, 1.165) is 17.1 Å². The Morgan fingerprint density at radius 2 is 2.02 bits per heavy atom. The summed E-state index contributed by atoms with van der Waals surface area (Å²) in [5, 5.41) is 14.3. The van der Waals surface area contributed by atoms with Crippen LogP contribution in [0.2, 0.25) is 0 Å². The van der Waals surface area contributed by atoms with Crippen molar-refractivity contribution in [3.05, 3.63) is 66.4 Å². The average Bonchev–Trinajstić information content (AvgIpc) is 3.53. The van der Waals surface area contributed by atoms with Crippen molar-refractivity contribution < 1.29 is 27.4 Å². The zero-order valence-corrected chi connectivity index (χ0v) is 22.9. The van der Waals surface area contributed by atoms with Gasteiger partial charge >= 0.3 is 5.97 Å². The second kappa shape index (κ2) is 10.8. The first kappa shape index (κ1) is 27.5. The molecule has 5 rings (SSSR count). The highest BCUT2D eigenvalue weighted by Crippen LogP contribution is 2.31. The Bertz CT molecular complexity index is 1680. The molecule has 0 radical (unpaired) electrons. The second-order valence-corrected chi connectivity index (χ2v) is 12.0. The molecule has 1 saturated heterocycles. The molecule has 0 aliphatic carbocycles. The molecule has 0 bridgehead atoms. The molecule has 11 nitrogen and oxygen atoms in total. The van der Waals surface area contributed by atoms with Crippen molar-refractivity contribution in [1.82, 2.24) is 19.5 Å². The molecule has 1 aliphatic heterocycles. The van der Waals surface area contributed by atoms with E-state index in [1.807, 2.05) is 28.8 Å². The second-order valence-electron chi connectivity index (χ2n) is 9.73. The van der Waals surface area contributed by atoms with Gasteiger partial charge in [-0.25, -0.2) is 22.8 Å². The standard InChI is InChI=1S/C27H29FN6O5S/c1-3-40(37,38)23-14-29-26(32-25(23)31-19-9-8-18(20(28)13-19)12-24(35)39-2)33-11-10-27(36,15-33)16-34-17-30-21-6-4-5-7-22(21)34/h4-9,13-14,17,36H,3,10-12,15-16H2,1-2H3,(H,29,31,32). The van der Waals surface area contributed by atoms with E-state index >= 15 is 0 Å². The number of hydrogen-bond donors (Lipinski definition) is 2. The molecule has 4 aromatic rings. The molecular weight excluding hydrogens is 539 g/mol. The number of imidazole rings is 1. The van der Waals surface area contributed by atoms with Crippen molar-refractivity contribution in [2.45, 2.75) is 36.8 Å². The summed E-state index contributed by atoms with van der Waals surface area (Å²) >= 11 is 0. The van der Waals surface area contributed by atoms with Gasteiger partial charge < -0.3 is 24.6 Å². The Hall–Kier alpha value is -4.10. The lowest BCUT2D eigenvalue weighted by molar-refractivity contribution is -0.139. The van der Waals surface area contributed by atoms with Crippen molar-refractivity contribution in [2.75, 3.05) is 36.2 Å². The van der Waals surface area contributed by atoms with Crippen LogP contribution in [0.3, 0.4) is 0 Å². The number of esters is 1. The summed E-state index contributed by atoms with van der Waals surface area (Å²) in [7, 11) is -2.50. The number of fused-ring (bicyclic) bond motifs is 1. The highest BCUT2D eigenvalue weighted by atomic mass is 32.2. The number of methoxy groups -OCH3 is 1. The number of anilines is 3. The van der Waals surface area contributed by atoms with Crippen LogP contribution in [0.5, 0.6) is 0 Å². The van der Waals surface area contributed by atoms with Crippen LogP contribution < -0.4 is 10.2 Å². The third-order valence-corrected chi connectivity index (χ3v) is 8.67. The third kappa shape index (κ3) is 5.61. The first-order chi connectivity index (χ1) is 19.1. The minimum atomic E-state index is -3.73. The number of ether oxygens (including phenoxy) is 1. The van der Waals surface area contributed by atoms with Crippen molar-refractivity contribution in [1.29, 1.82) is 0 Å². The normalized spacial score (nSPS) is 17.4. The van der Waals surface area contributed by atoms with Crippen LogP contribution >= 0.6 is 0 Å². The minimum Gasteiger partial charge on any atom is -0.469 e. The van der Waals surface area contributed by atoms with Crippen molar-refractivity contribution in [3.63, 3.8) is 0 Å². The van der Waals surface area contributed by atoms with Crippen LogP contribution in [0.1, 0.15) is 18.9 Å². The summed E-state index contributed by atoms with van der Waals surface area (Å²) in [5.74, 6) is -1.20. The number of nitrogens with zero attached hydrogens (tertiary/aromatic N) is 5. The van der Waals surface area contributed by atoms with Gasteiger partial charge in [-0.3, -0.25) is 4.79 Å². The van der Waals surface area contributed by atoms with Crippen LogP contribution in [-0.4, -0.2) is 70.6 Å². The molecule has 2 aromatic carbocycles. The predicted molar refractivity (Wildman–Crippen MR) is 147 cm³/mol. The zero-order chi connectivity index (χ0) is 28.5. The maximum absolute atomic E-state index is 14.7. The molecule has 2 N–H and O–H groups in total. The lowest BCUT2D eigenvalue weighted by Crippen LogP contribution is -2.38. The number of rotatable bonds is 9. The molecular formula is C27H29FN6O5S. The molecule has 3 heterocycles. The molecule has 1 unspecified atom stereocenters. The largest absolute Gasteiger partial charge is 0.469 e. The number of benzene rings is 2. The average molecular weight is 569 g/mol. The van der Waals surface area contributed by atoms with Gasteiger partial charge in [0, 0.05) is 12.2 Å². The SMILES string of the molecule is CCS(=O)(=O)c1cnc(N2CCC(O)(Cn3cnc4ccccc43)C2)nc1Nc1ccc(CC(=O)OC)c(F)c1. The van der Waals surface area contributed by atoms with Gasteiger partial charge in [0.2, 0.25) is 5.95 Å². The third-order valence-electron chi connectivity index (χ3n) is 6.94. The van der Waals surface area contributed by atoms with E-state index in [9.17, 15) is 22.7 Å². The highest BCUT2D eigenvalue weighted by molar-refractivity contribution is 7.91. The van der Waals surface area contributed by atoms with Crippen molar-refractivity contribution >= 4 is 44.3 Å². The van der Waals surface area contributed by atoms with Gasteiger partial charge in [0.15, 0.2) is 15.7 Å². The summed E-state index contributed by atoms with van der Waals surface area (Å²) in [5.41, 5.74) is 1.05. The van der Waals surface area contributed by atoms with Gasteiger partial charge in [-0.1, -0.05) is 25.1 Å². The van der Waals surface area contributed by atoms with Gasteiger partial charge in [-0.05, 0) is 36.2 Å². The van der Waals surface area contributed by atoms with Gasteiger partial charge in [0.05, 0.1) is 55.9 Å². The number of aliphatic hydroxyl groups is 1.